The lowest BCUT2D eigenvalue weighted by Gasteiger charge is -2.10. The number of amides is 3. The SMILES string of the molecule is CC[C@@H](C)NC(=O)C(=O)N/N=C\c1ccc(OCC(=O)Nc2cccc(Cl)c2C)cc1. The predicted molar refractivity (Wildman–Crippen MR) is 120 cm³/mol. The van der Waals surface area contributed by atoms with E-state index in [1.54, 1.807) is 49.4 Å². The maximum atomic E-state index is 12.1. The third kappa shape index (κ3) is 7.75. The highest BCUT2D eigenvalue weighted by molar-refractivity contribution is 6.35. The third-order valence-corrected chi connectivity index (χ3v) is 4.78. The number of hydrazone groups is 1. The van der Waals surface area contributed by atoms with E-state index < -0.39 is 11.8 Å². The van der Waals surface area contributed by atoms with Crippen LogP contribution in [0.3, 0.4) is 0 Å². The Labute approximate surface area is 186 Å². The lowest BCUT2D eigenvalue weighted by Crippen LogP contribution is -2.41. The highest BCUT2D eigenvalue weighted by Crippen LogP contribution is 2.22. The summed E-state index contributed by atoms with van der Waals surface area (Å²) < 4.78 is 5.47. The second kappa shape index (κ2) is 11.7. The lowest BCUT2D eigenvalue weighted by molar-refractivity contribution is -0.139. The quantitative estimate of drug-likeness (QED) is 0.330. The van der Waals surface area contributed by atoms with Gasteiger partial charge in [0.25, 0.3) is 5.91 Å². The molecule has 0 aliphatic carbocycles. The summed E-state index contributed by atoms with van der Waals surface area (Å²) in [6, 6.07) is 11.9. The molecule has 164 valence electrons. The molecule has 0 aromatic heterocycles. The van der Waals surface area contributed by atoms with E-state index >= 15 is 0 Å². The van der Waals surface area contributed by atoms with Crippen molar-refractivity contribution in [2.24, 2.45) is 5.10 Å². The van der Waals surface area contributed by atoms with Crippen LogP contribution in [0, 0.1) is 6.92 Å². The van der Waals surface area contributed by atoms with Crippen LogP contribution >= 0.6 is 11.6 Å². The van der Waals surface area contributed by atoms with Gasteiger partial charge in [-0.25, -0.2) is 5.43 Å². The van der Waals surface area contributed by atoms with Crippen LogP contribution in [0.5, 0.6) is 5.75 Å². The third-order valence-electron chi connectivity index (χ3n) is 4.37. The highest BCUT2D eigenvalue weighted by atomic mass is 35.5. The smallest absolute Gasteiger partial charge is 0.329 e. The summed E-state index contributed by atoms with van der Waals surface area (Å²) in [4.78, 5) is 35.4. The van der Waals surface area contributed by atoms with Crippen LogP contribution in [0.2, 0.25) is 5.02 Å². The molecule has 0 spiro atoms. The van der Waals surface area contributed by atoms with E-state index in [9.17, 15) is 14.4 Å². The summed E-state index contributed by atoms with van der Waals surface area (Å²) in [7, 11) is 0. The maximum Gasteiger partial charge on any atom is 0.329 e. The van der Waals surface area contributed by atoms with E-state index in [0.717, 1.165) is 12.0 Å². The van der Waals surface area contributed by atoms with Crippen molar-refractivity contribution in [2.45, 2.75) is 33.2 Å². The summed E-state index contributed by atoms with van der Waals surface area (Å²) in [5.74, 6) is -1.39. The Morgan fingerprint density at radius 2 is 1.84 bits per heavy atom. The number of hydrogen-bond donors (Lipinski definition) is 3. The van der Waals surface area contributed by atoms with E-state index in [2.05, 4.69) is 21.2 Å². The van der Waals surface area contributed by atoms with Gasteiger partial charge in [-0.15, -0.1) is 0 Å². The van der Waals surface area contributed by atoms with Gasteiger partial charge < -0.3 is 15.4 Å². The molecule has 9 heteroatoms. The van der Waals surface area contributed by atoms with E-state index in [0.29, 0.717) is 22.0 Å². The number of nitrogens with one attached hydrogen (secondary N) is 3. The number of rotatable bonds is 8. The van der Waals surface area contributed by atoms with Gasteiger partial charge in [0.1, 0.15) is 5.75 Å². The van der Waals surface area contributed by atoms with Crippen LogP contribution in [-0.4, -0.2) is 36.6 Å². The van der Waals surface area contributed by atoms with Crippen molar-refractivity contribution < 1.29 is 19.1 Å². The number of hydrogen-bond acceptors (Lipinski definition) is 5. The monoisotopic (exact) mass is 444 g/mol. The molecule has 0 unspecified atom stereocenters. The predicted octanol–water partition coefficient (Wildman–Crippen LogP) is 3.03. The molecular formula is C22H25ClN4O4. The van der Waals surface area contributed by atoms with Gasteiger partial charge in [-0.1, -0.05) is 24.6 Å². The van der Waals surface area contributed by atoms with Gasteiger partial charge in [-0.2, -0.15) is 5.10 Å². The molecule has 0 aliphatic rings. The minimum absolute atomic E-state index is 0.0913. The second-order valence-corrected chi connectivity index (χ2v) is 7.21. The number of carbonyl (C=O) groups is 3. The van der Waals surface area contributed by atoms with Crippen molar-refractivity contribution in [1.29, 1.82) is 0 Å². The van der Waals surface area contributed by atoms with Crippen LogP contribution in [0.1, 0.15) is 31.4 Å². The molecule has 2 aromatic rings. The van der Waals surface area contributed by atoms with E-state index in [4.69, 9.17) is 16.3 Å². The Bertz CT molecular complexity index is 960. The Hall–Kier alpha value is -3.39. The Balaban J connectivity index is 1.80. The molecule has 3 amide bonds. The van der Waals surface area contributed by atoms with Crippen LogP contribution < -0.4 is 20.8 Å². The summed E-state index contributed by atoms with van der Waals surface area (Å²) >= 11 is 6.04. The minimum atomic E-state index is -0.836. The fraction of sp³-hybridized carbons (Fsp3) is 0.273. The van der Waals surface area contributed by atoms with Crippen molar-refractivity contribution >= 4 is 41.2 Å². The standard InChI is InChI=1S/C22H25ClN4O4/c1-4-14(2)25-21(29)22(30)27-24-12-16-8-10-17(11-9-16)31-13-20(28)26-19-7-5-6-18(23)15(19)3/h5-12,14H,4,13H2,1-3H3,(H,25,29)(H,26,28)(H,27,30)/b24-12-/t14-/m1/s1. The largest absolute Gasteiger partial charge is 0.484 e. The van der Waals surface area contributed by atoms with Crippen LogP contribution in [-0.2, 0) is 14.4 Å². The van der Waals surface area contributed by atoms with Crippen molar-refractivity contribution in [3.05, 3.63) is 58.6 Å². The fourth-order valence-electron chi connectivity index (χ4n) is 2.34. The summed E-state index contributed by atoms with van der Waals surface area (Å²) in [6.07, 6.45) is 2.12. The molecule has 0 saturated carbocycles. The first-order chi connectivity index (χ1) is 14.8. The molecule has 3 N–H and O–H groups in total. The second-order valence-electron chi connectivity index (χ2n) is 6.80. The van der Waals surface area contributed by atoms with Crippen molar-refractivity contribution in [3.63, 3.8) is 0 Å². The topological polar surface area (TPSA) is 109 Å². The summed E-state index contributed by atoms with van der Waals surface area (Å²) in [6.45, 7) is 5.36. The Morgan fingerprint density at radius 3 is 2.52 bits per heavy atom. The van der Waals surface area contributed by atoms with E-state index in [1.807, 2.05) is 13.8 Å². The minimum Gasteiger partial charge on any atom is -0.484 e. The maximum absolute atomic E-state index is 12.1. The zero-order valence-electron chi connectivity index (χ0n) is 17.6. The zero-order valence-corrected chi connectivity index (χ0v) is 18.3. The molecule has 0 heterocycles. The molecule has 2 aromatic carbocycles. The fourth-order valence-corrected chi connectivity index (χ4v) is 2.51. The highest BCUT2D eigenvalue weighted by Gasteiger charge is 2.14. The van der Waals surface area contributed by atoms with Crippen molar-refractivity contribution in [3.8, 4) is 5.75 Å². The van der Waals surface area contributed by atoms with Crippen LogP contribution in [0.25, 0.3) is 0 Å². The first-order valence-corrected chi connectivity index (χ1v) is 10.1. The first kappa shape index (κ1) is 23.9. The van der Waals surface area contributed by atoms with E-state index in [1.165, 1.54) is 6.21 Å². The zero-order chi connectivity index (χ0) is 22.8. The summed E-state index contributed by atoms with van der Waals surface area (Å²) in [5, 5.41) is 9.64. The van der Waals surface area contributed by atoms with Gasteiger partial charge in [0.2, 0.25) is 0 Å². The Morgan fingerprint density at radius 1 is 1.13 bits per heavy atom. The van der Waals surface area contributed by atoms with Crippen molar-refractivity contribution in [1.82, 2.24) is 10.7 Å². The Kier molecular flexibility index (Phi) is 9.02. The normalized spacial score (nSPS) is 11.6. The van der Waals surface area contributed by atoms with Gasteiger partial charge >= 0.3 is 11.8 Å². The van der Waals surface area contributed by atoms with Gasteiger partial charge in [0.15, 0.2) is 6.61 Å². The lowest BCUT2D eigenvalue weighted by atomic mass is 10.2. The number of ether oxygens (including phenoxy) is 1. The number of benzene rings is 2. The van der Waals surface area contributed by atoms with Crippen LogP contribution in [0.4, 0.5) is 5.69 Å². The molecule has 1 atom stereocenters. The number of carbonyl (C=O) groups excluding carboxylic acids is 3. The average Bonchev–Trinajstić information content (AvgIpc) is 2.76. The molecule has 0 fully saturated rings. The molecular weight excluding hydrogens is 420 g/mol. The first-order valence-electron chi connectivity index (χ1n) is 9.71. The molecule has 0 aliphatic heterocycles. The molecule has 8 nitrogen and oxygen atoms in total. The van der Waals surface area contributed by atoms with Gasteiger partial charge in [0.05, 0.1) is 6.21 Å². The van der Waals surface area contributed by atoms with Gasteiger partial charge in [-0.05, 0) is 67.8 Å². The molecule has 0 saturated heterocycles. The van der Waals surface area contributed by atoms with Gasteiger partial charge in [0, 0.05) is 16.8 Å². The number of halogens is 1. The number of anilines is 1. The molecule has 0 bridgehead atoms. The van der Waals surface area contributed by atoms with Crippen LogP contribution in [0.15, 0.2) is 47.6 Å². The molecule has 31 heavy (non-hydrogen) atoms. The summed E-state index contributed by atoms with van der Waals surface area (Å²) in [5.41, 5.74) is 4.26. The van der Waals surface area contributed by atoms with E-state index in [-0.39, 0.29) is 18.6 Å². The van der Waals surface area contributed by atoms with Gasteiger partial charge in [-0.3, -0.25) is 14.4 Å². The molecule has 0 radical (unpaired) electrons. The molecule has 2 rings (SSSR count). The number of nitrogens with zero attached hydrogens (tertiary/aromatic N) is 1. The average molecular weight is 445 g/mol. The van der Waals surface area contributed by atoms with Crippen molar-refractivity contribution in [2.75, 3.05) is 11.9 Å².